The maximum atomic E-state index is 13.0. The van der Waals surface area contributed by atoms with Crippen molar-refractivity contribution < 1.29 is 32.9 Å². The largest absolute Gasteiger partial charge is 0.756 e. The minimum Gasteiger partial charge on any atom is -0.756 e. The van der Waals surface area contributed by atoms with Gasteiger partial charge < -0.3 is 28.8 Å². The number of aliphatic hydroxyl groups excluding tert-OH is 1. The molecule has 0 rings (SSSR count). The van der Waals surface area contributed by atoms with Crippen molar-refractivity contribution in [2.45, 2.75) is 334 Å². The molecular weight excluding hydrogens is 960 g/mol. The number of likely N-dealkylation sites (N-methyl/N-ethyl adjacent to an activating group) is 1. The zero-order valence-electron chi connectivity index (χ0n) is 51.2. The first kappa shape index (κ1) is 74.5. The van der Waals surface area contributed by atoms with E-state index in [4.69, 9.17) is 9.05 Å². The molecule has 0 aliphatic heterocycles. The third kappa shape index (κ3) is 60.1. The predicted molar refractivity (Wildman–Crippen MR) is 330 cm³/mol. The van der Waals surface area contributed by atoms with Gasteiger partial charge in [0.2, 0.25) is 5.91 Å². The smallest absolute Gasteiger partial charge is 0.268 e. The second kappa shape index (κ2) is 58.1. The molecule has 0 fully saturated rings. The molecule has 1 amide bonds. The number of hydrogen-bond donors (Lipinski definition) is 2. The normalized spacial score (nSPS) is 14.0. The highest BCUT2D eigenvalue weighted by Gasteiger charge is 2.23. The lowest BCUT2D eigenvalue weighted by molar-refractivity contribution is -0.870. The molecule has 0 saturated carbocycles. The van der Waals surface area contributed by atoms with E-state index < -0.39 is 20.0 Å². The molecule has 0 bridgehead atoms. The molecule has 0 heterocycles. The number of allylic oxidation sites excluding steroid dienone is 7. The summed E-state index contributed by atoms with van der Waals surface area (Å²) in [6.07, 6.45) is 78.2. The van der Waals surface area contributed by atoms with Gasteiger partial charge >= 0.3 is 0 Å². The van der Waals surface area contributed by atoms with E-state index >= 15 is 0 Å². The minimum absolute atomic E-state index is 0.00506. The van der Waals surface area contributed by atoms with Crippen LogP contribution in [0.15, 0.2) is 48.6 Å². The molecule has 0 aliphatic rings. The van der Waals surface area contributed by atoms with Crippen LogP contribution in [0.2, 0.25) is 0 Å². The second-order valence-electron chi connectivity index (χ2n) is 23.8. The molecule has 0 aromatic heterocycles. The Morgan fingerprint density at radius 3 is 1.14 bits per heavy atom. The van der Waals surface area contributed by atoms with E-state index in [2.05, 4.69) is 55.6 Å². The fourth-order valence-corrected chi connectivity index (χ4v) is 10.6. The Labute approximate surface area is 473 Å². The SMILES string of the molecule is CCCCCCC/C=C\C/C=C\CCCCCCCCCCCCCCCCCCCCCCCCCCCCCCCC(=O)NC(COP(=O)([O-])OCC[N+](C)(C)C)C(O)/C=C/CC/C=C/CCCCCCCCC. The first-order chi connectivity index (χ1) is 37.0. The van der Waals surface area contributed by atoms with Crippen molar-refractivity contribution in [2.24, 2.45) is 0 Å². The van der Waals surface area contributed by atoms with Gasteiger partial charge in [-0.2, -0.15) is 0 Å². The Morgan fingerprint density at radius 1 is 0.461 bits per heavy atom. The van der Waals surface area contributed by atoms with Crippen LogP contribution in [-0.2, 0) is 18.4 Å². The molecule has 3 atom stereocenters. The van der Waals surface area contributed by atoms with E-state index in [1.54, 1.807) is 6.08 Å². The van der Waals surface area contributed by atoms with E-state index in [1.165, 1.54) is 257 Å². The Kier molecular flexibility index (Phi) is 56.9. The van der Waals surface area contributed by atoms with E-state index in [1.807, 2.05) is 27.2 Å². The lowest BCUT2D eigenvalue weighted by Crippen LogP contribution is -2.45. The van der Waals surface area contributed by atoms with Crippen LogP contribution in [0.4, 0.5) is 0 Å². The number of quaternary nitrogens is 1. The molecule has 0 aromatic rings. The number of nitrogens with zero attached hydrogens (tertiary/aromatic N) is 1. The topological polar surface area (TPSA) is 108 Å². The van der Waals surface area contributed by atoms with Crippen LogP contribution in [0.25, 0.3) is 0 Å². The van der Waals surface area contributed by atoms with Gasteiger partial charge in [-0.25, -0.2) is 0 Å². The van der Waals surface area contributed by atoms with Gasteiger partial charge in [-0.1, -0.05) is 300 Å². The second-order valence-corrected chi connectivity index (χ2v) is 25.2. The quantitative estimate of drug-likeness (QED) is 0.0272. The molecular formula is C67H129N2O6P. The third-order valence-corrected chi connectivity index (χ3v) is 16.0. The number of nitrogens with one attached hydrogen (secondary N) is 1. The Morgan fingerprint density at radius 2 is 0.776 bits per heavy atom. The standard InChI is InChI=1S/C67H129N2O6P/c1-6-8-10-12-14-16-18-20-21-22-23-24-25-26-27-28-29-30-31-32-33-34-35-36-37-38-39-40-41-42-43-44-45-46-47-49-51-53-55-57-59-61-67(71)68-65(64-75-76(72,73)74-63-62-69(3,4)5)66(70)60-58-56-54-52-50-48-19-17-15-13-11-9-7-2/h18,20,22-23,50,52,58,60,65-66,70H,6-17,19,21,24-49,51,53-57,59,61-64H2,1-5H3,(H-,68,71,72,73)/b20-18-,23-22-,52-50+,60-58+. The summed E-state index contributed by atoms with van der Waals surface area (Å²) in [7, 11) is 1.25. The highest BCUT2D eigenvalue weighted by atomic mass is 31.2. The van der Waals surface area contributed by atoms with Gasteiger partial charge in [-0.3, -0.25) is 9.36 Å². The van der Waals surface area contributed by atoms with Crippen LogP contribution in [0.5, 0.6) is 0 Å². The number of rotatable bonds is 61. The van der Waals surface area contributed by atoms with Crippen molar-refractivity contribution in [3.8, 4) is 0 Å². The van der Waals surface area contributed by atoms with Crippen LogP contribution >= 0.6 is 7.82 Å². The van der Waals surface area contributed by atoms with E-state index in [-0.39, 0.29) is 19.1 Å². The van der Waals surface area contributed by atoms with Gasteiger partial charge in [0.05, 0.1) is 39.9 Å². The lowest BCUT2D eigenvalue weighted by atomic mass is 10.0. The van der Waals surface area contributed by atoms with Crippen LogP contribution < -0.4 is 10.2 Å². The molecule has 76 heavy (non-hydrogen) atoms. The first-order valence-corrected chi connectivity index (χ1v) is 34.5. The molecule has 8 nitrogen and oxygen atoms in total. The molecule has 3 unspecified atom stereocenters. The monoisotopic (exact) mass is 1090 g/mol. The van der Waals surface area contributed by atoms with Crippen molar-refractivity contribution in [3.63, 3.8) is 0 Å². The predicted octanol–water partition coefficient (Wildman–Crippen LogP) is 20.0. The summed E-state index contributed by atoms with van der Waals surface area (Å²) in [5, 5.41) is 13.8. The van der Waals surface area contributed by atoms with Crippen molar-refractivity contribution in [2.75, 3.05) is 40.9 Å². The van der Waals surface area contributed by atoms with Crippen molar-refractivity contribution in [3.05, 3.63) is 48.6 Å². The number of phosphoric acid groups is 1. The van der Waals surface area contributed by atoms with Crippen LogP contribution in [0.1, 0.15) is 322 Å². The zero-order chi connectivity index (χ0) is 55.6. The van der Waals surface area contributed by atoms with Crippen LogP contribution in [-0.4, -0.2) is 68.5 Å². The molecule has 0 radical (unpaired) electrons. The summed E-state index contributed by atoms with van der Waals surface area (Å²) in [5.74, 6) is -0.203. The number of aliphatic hydroxyl groups is 1. The number of carbonyl (C=O) groups excluding carboxylic acids is 1. The molecule has 0 spiro atoms. The average Bonchev–Trinajstić information content (AvgIpc) is 3.38. The average molecular weight is 1090 g/mol. The summed E-state index contributed by atoms with van der Waals surface area (Å²) in [6, 6.07) is -0.901. The minimum atomic E-state index is -4.60. The maximum absolute atomic E-state index is 13.0. The van der Waals surface area contributed by atoms with Crippen molar-refractivity contribution in [1.82, 2.24) is 5.32 Å². The number of phosphoric ester groups is 1. The fraction of sp³-hybridized carbons (Fsp3) is 0.866. The van der Waals surface area contributed by atoms with Gasteiger partial charge in [0.1, 0.15) is 13.2 Å². The summed E-state index contributed by atoms with van der Waals surface area (Å²) in [6.45, 7) is 4.63. The highest BCUT2D eigenvalue weighted by Crippen LogP contribution is 2.38. The van der Waals surface area contributed by atoms with Gasteiger partial charge in [0, 0.05) is 6.42 Å². The fourth-order valence-electron chi connectivity index (χ4n) is 9.85. The summed E-state index contributed by atoms with van der Waals surface area (Å²) in [4.78, 5) is 25.5. The van der Waals surface area contributed by atoms with Crippen LogP contribution in [0, 0.1) is 0 Å². The highest BCUT2D eigenvalue weighted by molar-refractivity contribution is 7.45. The number of amides is 1. The zero-order valence-corrected chi connectivity index (χ0v) is 52.1. The van der Waals surface area contributed by atoms with Crippen LogP contribution in [0.3, 0.4) is 0 Å². The van der Waals surface area contributed by atoms with Gasteiger partial charge in [-0.05, 0) is 64.2 Å². The summed E-state index contributed by atoms with van der Waals surface area (Å²) >= 11 is 0. The van der Waals surface area contributed by atoms with E-state index in [9.17, 15) is 19.4 Å². The Hall–Kier alpha value is -1.54. The maximum Gasteiger partial charge on any atom is 0.268 e. The van der Waals surface area contributed by atoms with Gasteiger partial charge in [-0.15, -0.1) is 0 Å². The number of hydrogen-bond acceptors (Lipinski definition) is 6. The number of unbranched alkanes of at least 4 members (excludes halogenated alkanes) is 42. The number of carbonyl (C=O) groups is 1. The molecule has 448 valence electrons. The Bertz CT molecular complexity index is 1380. The van der Waals surface area contributed by atoms with Crippen molar-refractivity contribution in [1.29, 1.82) is 0 Å². The molecule has 2 N–H and O–H groups in total. The molecule has 0 saturated heterocycles. The van der Waals surface area contributed by atoms with Gasteiger partial charge in [0.25, 0.3) is 7.82 Å². The third-order valence-electron chi connectivity index (χ3n) is 15.0. The lowest BCUT2D eigenvalue weighted by Gasteiger charge is -2.29. The summed E-state index contributed by atoms with van der Waals surface area (Å²) in [5.41, 5.74) is 0. The van der Waals surface area contributed by atoms with Crippen molar-refractivity contribution >= 4 is 13.7 Å². The molecule has 0 aromatic carbocycles. The summed E-state index contributed by atoms with van der Waals surface area (Å²) < 4.78 is 23.3. The molecule has 0 aliphatic carbocycles. The Balaban J connectivity index is 3.83. The molecule has 9 heteroatoms. The first-order valence-electron chi connectivity index (χ1n) is 33.0. The van der Waals surface area contributed by atoms with Gasteiger partial charge in [0.15, 0.2) is 0 Å². The van der Waals surface area contributed by atoms with E-state index in [0.29, 0.717) is 17.4 Å². The van der Waals surface area contributed by atoms with E-state index in [0.717, 1.165) is 44.9 Å².